The van der Waals surface area contributed by atoms with Crippen molar-refractivity contribution in [2.45, 2.75) is 57.5 Å². The van der Waals surface area contributed by atoms with Gasteiger partial charge in [-0.05, 0) is 56.9 Å². The van der Waals surface area contributed by atoms with E-state index < -0.39 is 0 Å². The van der Waals surface area contributed by atoms with Gasteiger partial charge in [-0.1, -0.05) is 0 Å². The fourth-order valence-electron chi connectivity index (χ4n) is 3.93. The molecule has 1 spiro atoms. The number of nitrogens with one attached hydrogen (secondary N) is 1. The molecule has 0 bridgehead atoms. The van der Waals surface area contributed by atoms with Crippen LogP contribution in [0.25, 0.3) is 0 Å². The summed E-state index contributed by atoms with van der Waals surface area (Å²) in [4.78, 5) is 14.4. The van der Waals surface area contributed by atoms with Crippen molar-refractivity contribution >= 4 is 5.91 Å². The highest BCUT2D eigenvalue weighted by Gasteiger charge is 2.37. The van der Waals surface area contributed by atoms with Crippen molar-refractivity contribution in [2.24, 2.45) is 5.41 Å². The zero-order valence-corrected chi connectivity index (χ0v) is 12.5. The van der Waals surface area contributed by atoms with E-state index in [1.165, 1.54) is 32.1 Å². The van der Waals surface area contributed by atoms with Crippen molar-refractivity contribution in [3.8, 4) is 0 Å². The fraction of sp³-hybridized carbons (Fsp3) is 0.938. The average molecular weight is 280 g/mol. The molecule has 3 fully saturated rings. The minimum atomic E-state index is 0.336. The highest BCUT2D eigenvalue weighted by Crippen LogP contribution is 2.37. The summed E-state index contributed by atoms with van der Waals surface area (Å²) in [7, 11) is 0. The molecule has 1 amide bonds. The molecule has 3 rings (SSSR count). The molecule has 1 atom stereocenters. The number of hydrogen-bond donors (Lipinski definition) is 1. The van der Waals surface area contributed by atoms with Gasteiger partial charge in [0.05, 0.1) is 6.10 Å². The van der Waals surface area contributed by atoms with Crippen LogP contribution in [0.15, 0.2) is 0 Å². The lowest BCUT2D eigenvalue weighted by Crippen LogP contribution is -2.44. The molecule has 1 N–H and O–H groups in total. The van der Waals surface area contributed by atoms with Crippen LogP contribution in [0.5, 0.6) is 0 Å². The first-order valence-electron chi connectivity index (χ1n) is 8.38. The Balaban J connectivity index is 1.39. The second-order valence-corrected chi connectivity index (χ2v) is 6.83. The topological polar surface area (TPSA) is 41.6 Å². The fourth-order valence-corrected chi connectivity index (χ4v) is 3.93. The monoisotopic (exact) mass is 280 g/mol. The predicted octanol–water partition coefficient (Wildman–Crippen LogP) is 1.94. The molecule has 0 aromatic heterocycles. The van der Waals surface area contributed by atoms with Gasteiger partial charge in [0.1, 0.15) is 0 Å². The maximum Gasteiger partial charge on any atom is 0.222 e. The Hall–Kier alpha value is -0.610. The van der Waals surface area contributed by atoms with Crippen molar-refractivity contribution in [1.29, 1.82) is 0 Å². The highest BCUT2D eigenvalue weighted by molar-refractivity contribution is 5.76. The van der Waals surface area contributed by atoms with Gasteiger partial charge in [-0.3, -0.25) is 4.79 Å². The standard InChI is InChI=1S/C16H28N2O2/c19-15(5-4-14-3-1-2-12-20-14)18-10-7-16(8-11-18)6-9-17-13-16/h14,17H,1-13H2. The van der Waals surface area contributed by atoms with Gasteiger partial charge in [-0.2, -0.15) is 0 Å². The van der Waals surface area contributed by atoms with E-state index in [1.807, 2.05) is 0 Å². The van der Waals surface area contributed by atoms with Crippen LogP contribution in [0.1, 0.15) is 51.4 Å². The predicted molar refractivity (Wildman–Crippen MR) is 78.6 cm³/mol. The Bertz CT molecular complexity index is 323. The zero-order chi connectivity index (χ0) is 13.8. The van der Waals surface area contributed by atoms with Gasteiger partial charge >= 0.3 is 0 Å². The first-order valence-corrected chi connectivity index (χ1v) is 8.38. The molecule has 0 aliphatic carbocycles. The second-order valence-electron chi connectivity index (χ2n) is 6.83. The molecule has 20 heavy (non-hydrogen) atoms. The van der Waals surface area contributed by atoms with E-state index in [1.54, 1.807) is 0 Å². The van der Waals surface area contributed by atoms with E-state index in [2.05, 4.69) is 10.2 Å². The Kier molecular flexibility index (Phi) is 4.61. The lowest BCUT2D eigenvalue weighted by molar-refractivity contribution is -0.134. The molecular formula is C16H28N2O2. The van der Waals surface area contributed by atoms with E-state index >= 15 is 0 Å². The van der Waals surface area contributed by atoms with Gasteiger partial charge in [0, 0.05) is 32.7 Å². The minimum Gasteiger partial charge on any atom is -0.378 e. The number of amides is 1. The summed E-state index contributed by atoms with van der Waals surface area (Å²) in [5.74, 6) is 0.347. The van der Waals surface area contributed by atoms with Crippen LogP contribution in [-0.2, 0) is 9.53 Å². The zero-order valence-electron chi connectivity index (χ0n) is 12.5. The van der Waals surface area contributed by atoms with E-state index in [0.717, 1.165) is 45.6 Å². The first-order chi connectivity index (χ1) is 9.77. The average Bonchev–Trinajstić information content (AvgIpc) is 2.95. The number of rotatable bonds is 3. The SMILES string of the molecule is O=C(CCC1CCCCO1)N1CCC2(CCNC2)CC1. The Labute approximate surface area is 122 Å². The molecule has 3 saturated heterocycles. The molecule has 3 aliphatic heterocycles. The maximum absolute atomic E-state index is 12.3. The van der Waals surface area contributed by atoms with Crippen LogP contribution >= 0.6 is 0 Å². The van der Waals surface area contributed by atoms with Crippen LogP contribution in [0.2, 0.25) is 0 Å². The number of hydrogen-bond acceptors (Lipinski definition) is 3. The summed E-state index contributed by atoms with van der Waals surface area (Å²) in [5, 5.41) is 3.48. The number of nitrogens with zero attached hydrogens (tertiary/aromatic N) is 1. The van der Waals surface area contributed by atoms with Gasteiger partial charge in [-0.15, -0.1) is 0 Å². The molecule has 4 heteroatoms. The lowest BCUT2D eigenvalue weighted by Gasteiger charge is -2.39. The largest absolute Gasteiger partial charge is 0.378 e. The van der Waals surface area contributed by atoms with Gasteiger partial charge in [-0.25, -0.2) is 0 Å². The van der Waals surface area contributed by atoms with Crippen LogP contribution < -0.4 is 5.32 Å². The third kappa shape index (κ3) is 3.34. The molecule has 0 aromatic carbocycles. The van der Waals surface area contributed by atoms with Crippen molar-refractivity contribution in [3.63, 3.8) is 0 Å². The van der Waals surface area contributed by atoms with Crippen molar-refractivity contribution in [2.75, 3.05) is 32.8 Å². The van der Waals surface area contributed by atoms with Gasteiger partial charge in [0.2, 0.25) is 5.91 Å². The summed E-state index contributed by atoms with van der Waals surface area (Å²) in [6, 6.07) is 0. The Morgan fingerprint density at radius 3 is 2.75 bits per heavy atom. The van der Waals surface area contributed by atoms with E-state index in [-0.39, 0.29) is 0 Å². The Morgan fingerprint density at radius 1 is 1.25 bits per heavy atom. The second kappa shape index (κ2) is 6.44. The number of carbonyl (C=O) groups excluding carboxylic acids is 1. The van der Waals surface area contributed by atoms with E-state index in [0.29, 0.717) is 23.8 Å². The molecule has 3 aliphatic rings. The van der Waals surface area contributed by atoms with E-state index in [4.69, 9.17) is 4.74 Å². The third-order valence-electron chi connectivity index (χ3n) is 5.46. The van der Waals surface area contributed by atoms with Gasteiger partial charge in [0.25, 0.3) is 0 Å². The van der Waals surface area contributed by atoms with Crippen LogP contribution in [0.3, 0.4) is 0 Å². The highest BCUT2D eigenvalue weighted by atomic mass is 16.5. The number of likely N-dealkylation sites (tertiary alicyclic amines) is 1. The van der Waals surface area contributed by atoms with Crippen molar-refractivity contribution < 1.29 is 9.53 Å². The number of carbonyl (C=O) groups is 1. The van der Waals surface area contributed by atoms with Crippen LogP contribution in [-0.4, -0.2) is 49.7 Å². The first kappa shape index (κ1) is 14.3. The van der Waals surface area contributed by atoms with Crippen LogP contribution in [0, 0.1) is 5.41 Å². The smallest absolute Gasteiger partial charge is 0.222 e. The van der Waals surface area contributed by atoms with Crippen LogP contribution in [0.4, 0.5) is 0 Å². The van der Waals surface area contributed by atoms with Crippen molar-refractivity contribution in [3.05, 3.63) is 0 Å². The molecular weight excluding hydrogens is 252 g/mol. The summed E-state index contributed by atoms with van der Waals surface area (Å²) in [6.07, 6.45) is 9.19. The molecule has 4 nitrogen and oxygen atoms in total. The molecule has 114 valence electrons. The van der Waals surface area contributed by atoms with Gasteiger partial charge in [0.15, 0.2) is 0 Å². The van der Waals surface area contributed by atoms with Gasteiger partial charge < -0.3 is 15.0 Å². The van der Waals surface area contributed by atoms with E-state index in [9.17, 15) is 4.79 Å². The summed E-state index contributed by atoms with van der Waals surface area (Å²) < 4.78 is 5.71. The molecule has 0 saturated carbocycles. The molecule has 3 heterocycles. The third-order valence-corrected chi connectivity index (χ3v) is 5.46. The minimum absolute atomic E-state index is 0.336. The molecule has 0 radical (unpaired) electrons. The quantitative estimate of drug-likeness (QED) is 0.859. The number of piperidine rings is 1. The van der Waals surface area contributed by atoms with Crippen molar-refractivity contribution in [1.82, 2.24) is 10.2 Å². The summed E-state index contributed by atoms with van der Waals surface area (Å²) >= 11 is 0. The summed E-state index contributed by atoms with van der Waals surface area (Å²) in [5.41, 5.74) is 0.503. The maximum atomic E-state index is 12.3. The molecule has 1 unspecified atom stereocenters. The molecule has 0 aromatic rings. The summed E-state index contributed by atoms with van der Waals surface area (Å²) in [6.45, 7) is 5.13. The normalized spacial score (nSPS) is 29.8. The number of ether oxygens (including phenoxy) is 1. The lowest BCUT2D eigenvalue weighted by atomic mass is 9.78. The Morgan fingerprint density at radius 2 is 2.10 bits per heavy atom.